The van der Waals surface area contributed by atoms with Gasteiger partial charge in [-0.2, -0.15) is 4.31 Å². The van der Waals surface area contributed by atoms with Crippen LogP contribution in [0.15, 0.2) is 59.6 Å². The summed E-state index contributed by atoms with van der Waals surface area (Å²) in [6.45, 7) is 1.97. The number of nitrogens with zero attached hydrogens (tertiary/aromatic N) is 1. The zero-order valence-corrected chi connectivity index (χ0v) is 18.2. The Morgan fingerprint density at radius 2 is 1.81 bits per heavy atom. The monoisotopic (exact) mass is 441 g/mol. The number of H-pyrrole nitrogens is 1. The van der Waals surface area contributed by atoms with E-state index in [1.165, 1.54) is 15.3 Å². The van der Waals surface area contributed by atoms with Gasteiger partial charge in [-0.25, -0.2) is 8.42 Å². The van der Waals surface area contributed by atoms with E-state index in [9.17, 15) is 13.2 Å². The number of carbonyl (C=O) groups is 1. The van der Waals surface area contributed by atoms with Crippen molar-refractivity contribution in [3.05, 3.63) is 65.9 Å². The molecule has 2 heterocycles. The highest BCUT2D eigenvalue weighted by Gasteiger charge is 2.26. The molecule has 1 saturated heterocycles. The molecule has 2 N–H and O–H groups in total. The molecular formula is C23H27N3O4S. The van der Waals surface area contributed by atoms with E-state index in [4.69, 9.17) is 4.74 Å². The summed E-state index contributed by atoms with van der Waals surface area (Å²) in [6, 6.07) is 14.9. The molecule has 0 spiro atoms. The molecule has 1 amide bonds. The summed E-state index contributed by atoms with van der Waals surface area (Å²) in [5.74, 6) is -0.00939. The average Bonchev–Trinajstić information content (AvgIpc) is 3.22. The first-order valence-electron chi connectivity index (χ1n) is 10.5. The molecule has 8 heteroatoms. The third-order valence-corrected chi connectivity index (χ3v) is 7.46. The molecule has 1 aliphatic rings. The lowest BCUT2D eigenvalue weighted by atomic mass is 10.1. The fourth-order valence-electron chi connectivity index (χ4n) is 3.78. The van der Waals surface area contributed by atoms with Gasteiger partial charge in [0.2, 0.25) is 15.9 Å². The highest BCUT2D eigenvalue weighted by molar-refractivity contribution is 7.89. The zero-order valence-electron chi connectivity index (χ0n) is 17.3. The van der Waals surface area contributed by atoms with Crippen LogP contribution in [-0.2, 0) is 32.5 Å². The number of carbonyl (C=O) groups excluding carboxylic acids is 1. The van der Waals surface area contributed by atoms with Crippen LogP contribution in [0.3, 0.4) is 0 Å². The number of fused-ring (bicyclic) bond motifs is 1. The molecule has 4 rings (SSSR count). The summed E-state index contributed by atoms with van der Waals surface area (Å²) in [4.78, 5) is 15.7. The Morgan fingerprint density at radius 1 is 1.06 bits per heavy atom. The van der Waals surface area contributed by atoms with Crippen LogP contribution >= 0.6 is 0 Å². The average molecular weight is 442 g/mol. The summed E-state index contributed by atoms with van der Waals surface area (Å²) >= 11 is 0. The molecule has 0 saturated carbocycles. The second kappa shape index (κ2) is 9.64. The van der Waals surface area contributed by atoms with Crippen LogP contribution in [-0.4, -0.2) is 49.9 Å². The zero-order chi connectivity index (χ0) is 21.7. The number of hydrogen-bond donors (Lipinski definition) is 2. The number of nitrogens with one attached hydrogen (secondary N) is 2. The fourth-order valence-corrected chi connectivity index (χ4v) is 5.19. The number of hydrogen-bond acceptors (Lipinski definition) is 4. The topological polar surface area (TPSA) is 91.5 Å². The van der Waals surface area contributed by atoms with Gasteiger partial charge in [-0.05, 0) is 42.2 Å². The molecule has 0 radical (unpaired) electrons. The predicted octanol–water partition coefficient (Wildman–Crippen LogP) is 2.83. The fraction of sp³-hybridized carbons (Fsp3) is 0.348. The van der Waals surface area contributed by atoms with Gasteiger partial charge in [0.1, 0.15) is 0 Å². The molecular weight excluding hydrogens is 414 g/mol. The molecule has 0 unspecified atom stereocenters. The SMILES string of the molecule is O=C(CCCc1c[nH]c2ccccc12)NCc1ccc(S(=O)(=O)N2CCOCC2)cc1. The maximum atomic E-state index is 12.7. The van der Waals surface area contributed by atoms with Gasteiger partial charge in [-0.1, -0.05) is 30.3 Å². The van der Waals surface area contributed by atoms with Gasteiger partial charge in [0.05, 0.1) is 18.1 Å². The Balaban J connectivity index is 1.24. The van der Waals surface area contributed by atoms with Crippen LogP contribution < -0.4 is 5.32 Å². The quantitative estimate of drug-likeness (QED) is 0.562. The van der Waals surface area contributed by atoms with Crippen LogP contribution in [0, 0.1) is 0 Å². The van der Waals surface area contributed by atoms with E-state index in [1.54, 1.807) is 24.3 Å². The van der Waals surface area contributed by atoms with Crippen molar-refractivity contribution in [1.29, 1.82) is 0 Å². The number of ether oxygens (including phenoxy) is 1. The van der Waals surface area contributed by atoms with Gasteiger partial charge in [-0.15, -0.1) is 0 Å². The van der Waals surface area contributed by atoms with E-state index in [1.807, 2.05) is 24.4 Å². The van der Waals surface area contributed by atoms with E-state index >= 15 is 0 Å². The maximum Gasteiger partial charge on any atom is 0.243 e. The lowest BCUT2D eigenvalue weighted by Crippen LogP contribution is -2.40. The maximum absolute atomic E-state index is 12.7. The van der Waals surface area contributed by atoms with Crippen LogP contribution in [0.5, 0.6) is 0 Å². The summed E-state index contributed by atoms with van der Waals surface area (Å²) in [6.07, 6.45) is 4.06. The van der Waals surface area contributed by atoms with E-state index in [0.29, 0.717) is 39.3 Å². The number of aryl methyl sites for hydroxylation is 1. The molecule has 0 aliphatic carbocycles. The van der Waals surface area contributed by atoms with Crippen molar-refractivity contribution in [2.45, 2.75) is 30.7 Å². The lowest BCUT2D eigenvalue weighted by molar-refractivity contribution is -0.121. The van der Waals surface area contributed by atoms with Gasteiger partial charge in [0.15, 0.2) is 0 Å². The summed E-state index contributed by atoms with van der Waals surface area (Å²) in [5.41, 5.74) is 3.20. The standard InChI is InChI=1S/C23H27N3O4S/c27-23(7-3-4-19-17-24-22-6-2-1-5-21(19)22)25-16-18-8-10-20(11-9-18)31(28,29)26-12-14-30-15-13-26/h1-2,5-6,8-11,17,24H,3-4,7,12-16H2,(H,25,27). The minimum Gasteiger partial charge on any atom is -0.379 e. The highest BCUT2D eigenvalue weighted by atomic mass is 32.2. The number of rotatable bonds is 8. The molecule has 1 fully saturated rings. The van der Waals surface area contributed by atoms with Crippen molar-refractivity contribution in [2.24, 2.45) is 0 Å². The van der Waals surface area contributed by atoms with E-state index in [0.717, 1.165) is 23.9 Å². The molecule has 31 heavy (non-hydrogen) atoms. The van der Waals surface area contributed by atoms with Crippen molar-refractivity contribution in [2.75, 3.05) is 26.3 Å². The molecule has 1 aromatic heterocycles. The molecule has 164 valence electrons. The first-order valence-corrected chi connectivity index (χ1v) is 12.0. The number of amides is 1. The number of para-hydroxylation sites is 1. The van der Waals surface area contributed by atoms with Crippen molar-refractivity contribution in [1.82, 2.24) is 14.6 Å². The number of sulfonamides is 1. The number of aromatic nitrogens is 1. The minimum atomic E-state index is -3.50. The van der Waals surface area contributed by atoms with E-state index < -0.39 is 10.0 Å². The number of aromatic amines is 1. The molecule has 3 aromatic rings. The third-order valence-electron chi connectivity index (χ3n) is 5.55. The van der Waals surface area contributed by atoms with Gasteiger partial charge in [0, 0.05) is 43.2 Å². The van der Waals surface area contributed by atoms with E-state index in [2.05, 4.69) is 16.4 Å². The summed E-state index contributed by atoms with van der Waals surface area (Å²) in [7, 11) is -3.50. The highest BCUT2D eigenvalue weighted by Crippen LogP contribution is 2.20. The number of morpholine rings is 1. The second-order valence-corrected chi connectivity index (χ2v) is 9.59. The Bertz CT molecular complexity index is 1130. The Hall–Kier alpha value is -2.68. The molecule has 0 bridgehead atoms. The van der Waals surface area contributed by atoms with Crippen molar-refractivity contribution >= 4 is 26.8 Å². The van der Waals surface area contributed by atoms with Crippen molar-refractivity contribution in [3.63, 3.8) is 0 Å². The van der Waals surface area contributed by atoms with Crippen molar-refractivity contribution < 1.29 is 17.9 Å². The first kappa shape index (κ1) is 21.5. The van der Waals surface area contributed by atoms with Crippen LogP contribution in [0.1, 0.15) is 24.0 Å². The normalized spacial score (nSPS) is 15.2. The van der Waals surface area contributed by atoms with Crippen LogP contribution in [0.4, 0.5) is 0 Å². The Morgan fingerprint density at radius 3 is 2.58 bits per heavy atom. The molecule has 2 aromatic carbocycles. The Kier molecular flexibility index (Phi) is 6.70. The summed E-state index contributed by atoms with van der Waals surface area (Å²) in [5, 5.41) is 4.12. The molecule has 7 nitrogen and oxygen atoms in total. The second-order valence-electron chi connectivity index (χ2n) is 7.65. The van der Waals surface area contributed by atoms with Gasteiger partial charge >= 0.3 is 0 Å². The van der Waals surface area contributed by atoms with Gasteiger partial charge in [-0.3, -0.25) is 4.79 Å². The third kappa shape index (κ3) is 5.15. The summed E-state index contributed by atoms with van der Waals surface area (Å²) < 4.78 is 32.0. The van der Waals surface area contributed by atoms with E-state index in [-0.39, 0.29) is 10.8 Å². The minimum absolute atomic E-state index is 0.00939. The first-order chi connectivity index (χ1) is 15.0. The Labute approximate surface area is 182 Å². The van der Waals surface area contributed by atoms with Gasteiger partial charge < -0.3 is 15.0 Å². The van der Waals surface area contributed by atoms with Crippen molar-refractivity contribution in [3.8, 4) is 0 Å². The van der Waals surface area contributed by atoms with Crippen LogP contribution in [0.25, 0.3) is 10.9 Å². The molecule has 0 atom stereocenters. The lowest BCUT2D eigenvalue weighted by Gasteiger charge is -2.26. The molecule has 1 aliphatic heterocycles. The van der Waals surface area contributed by atoms with Crippen LogP contribution in [0.2, 0.25) is 0 Å². The largest absolute Gasteiger partial charge is 0.379 e. The predicted molar refractivity (Wildman–Crippen MR) is 119 cm³/mol. The number of benzene rings is 2. The smallest absolute Gasteiger partial charge is 0.243 e. The van der Waals surface area contributed by atoms with Gasteiger partial charge in [0.25, 0.3) is 0 Å².